The Morgan fingerprint density at radius 3 is 2.76 bits per heavy atom. The number of anilines is 1. The van der Waals surface area contributed by atoms with Crippen LogP contribution in [-0.2, 0) is 7.05 Å². The lowest BCUT2D eigenvalue weighted by Crippen LogP contribution is -2.06. The molecule has 3 rings (SSSR count). The highest BCUT2D eigenvalue weighted by molar-refractivity contribution is 5.95. The van der Waals surface area contributed by atoms with Crippen LogP contribution in [0.15, 0.2) is 41.8 Å². The molecule has 0 aliphatic heterocycles. The lowest BCUT2D eigenvalue weighted by Gasteiger charge is -2.02. The molecule has 106 valence electrons. The molecule has 0 aliphatic carbocycles. The normalized spacial score (nSPS) is 11.9. The van der Waals surface area contributed by atoms with Crippen LogP contribution in [0.5, 0.6) is 0 Å². The summed E-state index contributed by atoms with van der Waals surface area (Å²) in [5.41, 5.74) is 6.88. The first-order valence-corrected chi connectivity index (χ1v) is 6.66. The molecule has 1 N–H and O–H groups in total. The smallest absolute Gasteiger partial charge is 0.224 e. The molecule has 0 atom stereocenters. The zero-order valence-electron chi connectivity index (χ0n) is 12.2. The van der Waals surface area contributed by atoms with Gasteiger partial charge in [0.1, 0.15) is 5.71 Å². The first-order valence-electron chi connectivity index (χ1n) is 6.66. The lowest BCUT2D eigenvalue weighted by atomic mass is 10.2. The Hall–Kier alpha value is -2.76. The van der Waals surface area contributed by atoms with Gasteiger partial charge in [-0.1, -0.05) is 6.07 Å². The SMILES string of the molecule is C/C(=N\Nc1nc2cc(C)ccc2n1C)c1ncccn1. The topological polar surface area (TPSA) is 68.0 Å². The van der Waals surface area contributed by atoms with Crippen LogP contribution in [0.25, 0.3) is 11.0 Å². The number of nitrogens with one attached hydrogen (secondary N) is 1. The summed E-state index contributed by atoms with van der Waals surface area (Å²) in [7, 11) is 1.96. The van der Waals surface area contributed by atoms with Crippen LogP contribution in [0.1, 0.15) is 18.3 Å². The quantitative estimate of drug-likeness (QED) is 0.591. The standard InChI is InChI=1S/C15H16N6/c1-10-5-6-13-12(9-10)18-15(21(13)3)20-19-11(2)14-16-7-4-8-17-14/h4-9H,1-3H3,(H,18,20)/b19-11+. The Morgan fingerprint density at radius 1 is 1.24 bits per heavy atom. The number of aromatic nitrogens is 4. The lowest BCUT2D eigenvalue weighted by molar-refractivity contribution is 0.941. The molecule has 21 heavy (non-hydrogen) atoms. The van der Waals surface area contributed by atoms with Gasteiger partial charge in [-0.25, -0.2) is 20.4 Å². The molecule has 0 bridgehead atoms. The van der Waals surface area contributed by atoms with Crippen molar-refractivity contribution in [3.8, 4) is 0 Å². The van der Waals surface area contributed by atoms with E-state index >= 15 is 0 Å². The van der Waals surface area contributed by atoms with Crippen molar-refractivity contribution in [2.45, 2.75) is 13.8 Å². The summed E-state index contributed by atoms with van der Waals surface area (Å²) in [6.07, 6.45) is 3.39. The maximum absolute atomic E-state index is 4.54. The van der Waals surface area contributed by atoms with Crippen molar-refractivity contribution in [2.24, 2.45) is 12.1 Å². The fraction of sp³-hybridized carbons (Fsp3) is 0.200. The average Bonchev–Trinajstić information content (AvgIpc) is 2.81. The first kappa shape index (κ1) is 13.2. The van der Waals surface area contributed by atoms with Gasteiger partial charge >= 0.3 is 0 Å². The summed E-state index contributed by atoms with van der Waals surface area (Å²) in [5.74, 6) is 1.28. The van der Waals surface area contributed by atoms with Crippen molar-refractivity contribution in [2.75, 3.05) is 5.43 Å². The Morgan fingerprint density at radius 2 is 2.00 bits per heavy atom. The van der Waals surface area contributed by atoms with E-state index in [2.05, 4.69) is 50.6 Å². The molecule has 0 amide bonds. The zero-order chi connectivity index (χ0) is 14.8. The molecular weight excluding hydrogens is 264 g/mol. The molecule has 2 heterocycles. The molecule has 6 heteroatoms. The van der Waals surface area contributed by atoms with E-state index < -0.39 is 0 Å². The number of hydrogen-bond acceptors (Lipinski definition) is 5. The highest BCUT2D eigenvalue weighted by Crippen LogP contribution is 2.19. The van der Waals surface area contributed by atoms with Gasteiger partial charge in [-0.05, 0) is 37.6 Å². The molecule has 0 unspecified atom stereocenters. The third-order valence-corrected chi connectivity index (χ3v) is 3.25. The number of hydrazone groups is 1. The summed E-state index contributed by atoms with van der Waals surface area (Å²) >= 11 is 0. The van der Waals surface area contributed by atoms with E-state index in [9.17, 15) is 0 Å². The second kappa shape index (κ2) is 5.32. The van der Waals surface area contributed by atoms with Crippen molar-refractivity contribution in [3.05, 3.63) is 48.0 Å². The van der Waals surface area contributed by atoms with Crippen LogP contribution in [0.2, 0.25) is 0 Å². The van der Waals surface area contributed by atoms with Gasteiger partial charge in [0.15, 0.2) is 5.82 Å². The van der Waals surface area contributed by atoms with Gasteiger partial charge in [0, 0.05) is 19.4 Å². The van der Waals surface area contributed by atoms with Crippen LogP contribution in [-0.4, -0.2) is 25.2 Å². The van der Waals surface area contributed by atoms with E-state index in [-0.39, 0.29) is 0 Å². The minimum absolute atomic E-state index is 0.597. The highest BCUT2D eigenvalue weighted by atomic mass is 15.4. The Kier molecular flexibility index (Phi) is 3.35. The Bertz CT molecular complexity index is 804. The van der Waals surface area contributed by atoms with Gasteiger partial charge in [-0.15, -0.1) is 0 Å². The molecule has 0 radical (unpaired) electrons. The fourth-order valence-corrected chi connectivity index (χ4v) is 2.08. The zero-order valence-corrected chi connectivity index (χ0v) is 12.2. The van der Waals surface area contributed by atoms with Crippen LogP contribution >= 0.6 is 0 Å². The number of imidazole rings is 1. The minimum Gasteiger partial charge on any atom is -0.312 e. The first-order chi connectivity index (χ1) is 10.1. The Labute approximate surface area is 122 Å². The predicted molar refractivity (Wildman–Crippen MR) is 83.3 cm³/mol. The van der Waals surface area contributed by atoms with Crippen molar-refractivity contribution in [1.29, 1.82) is 0 Å². The second-order valence-corrected chi connectivity index (χ2v) is 4.87. The van der Waals surface area contributed by atoms with Crippen molar-refractivity contribution >= 4 is 22.7 Å². The van der Waals surface area contributed by atoms with E-state index in [1.54, 1.807) is 18.5 Å². The number of hydrogen-bond donors (Lipinski definition) is 1. The van der Waals surface area contributed by atoms with E-state index in [1.165, 1.54) is 5.56 Å². The van der Waals surface area contributed by atoms with E-state index in [4.69, 9.17) is 0 Å². The predicted octanol–water partition coefficient (Wildman–Crippen LogP) is 2.51. The van der Waals surface area contributed by atoms with Crippen molar-refractivity contribution in [3.63, 3.8) is 0 Å². The van der Waals surface area contributed by atoms with E-state index in [0.29, 0.717) is 17.5 Å². The monoisotopic (exact) mass is 280 g/mol. The Balaban J connectivity index is 1.90. The number of nitrogens with zero attached hydrogens (tertiary/aromatic N) is 5. The molecule has 6 nitrogen and oxygen atoms in total. The second-order valence-electron chi connectivity index (χ2n) is 4.87. The number of fused-ring (bicyclic) bond motifs is 1. The fourth-order valence-electron chi connectivity index (χ4n) is 2.08. The third-order valence-electron chi connectivity index (χ3n) is 3.25. The van der Waals surface area contributed by atoms with Gasteiger partial charge in [0.25, 0.3) is 0 Å². The van der Waals surface area contributed by atoms with Gasteiger partial charge in [-0.2, -0.15) is 5.10 Å². The van der Waals surface area contributed by atoms with Gasteiger partial charge in [0.2, 0.25) is 5.95 Å². The largest absolute Gasteiger partial charge is 0.312 e. The number of benzene rings is 1. The summed E-state index contributed by atoms with van der Waals surface area (Å²) in [6, 6.07) is 7.95. The molecular formula is C15H16N6. The molecule has 0 aliphatic rings. The van der Waals surface area contributed by atoms with Crippen LogP contribution in [0, 0.1) is 6.92 Å². The van der Waals surface area contributed by atoms with Crippen LogP contribution < -0.4 is 5.43 Å². The third kappa shape index (κ3) is 2.60. The van der Waals surface area contributed by atoms with Crippen molar-refractivity contribution in [1.82, 2.24) is 19.5 Å². The maximum atomic E-state index is 4.54. The average molecular weight is 280 g/mol. The molecule has 0 saturated carbocycles. The summed E-state index contributed by atoms with van der Waals surface area (Å²) < 4.78 is 1.97. The minimum atomic E-state index is 0.597. The molecule has 3 aromatic rings. The van der Waals surface area contributed by atoms with Crippen molar-refractivity contribution < 1.29 is 0 Å². The van der Waals surface area contributed by atoms with E-state index in [0.717, 1.165) is 11.0 Å². The summed E-state index contributed by atoms with van der Waals surface area (Å²) in [5, 5.41) is 4.30. The number of rotatable bonds is 3. The van der Waals surface area contributed by atoms with E-state index in [1.807, 2.05) is 18.5 Å². The van der Waals surface area contributed by atoms with Crippen LogP contribution in [0.3, 0.4) is 0 Å². The molecule has 0 fully saturated rings. The summed E-state index contributed by atoms with van der Waals surface area (Å²) in [6.45, 7) is 3.91. The van der Waals surface area contributed by atoms with Gasteiger partial charge < -0.3 is 4.57 Å². The highest BCUT2D eigenvalue weighted by Gasteiger charge is 2.07. The molecule has 0 saturated heterocycles. The number of aryl methyl sites for hydroxylation is 2. The van der Waals surface area contributed by atoms with Crippen LogP contribution in [0.4, 0.5) is 5.95 Å². The summed E-state index contributed by atoms with van der Waals surface area (Å²) in [4.78, 5) is 12.9. The maximum Gasteiger partial charge on any atom is 0.224 e. The van der Waals surface area contributed by atoms with Gasteiger partial charge in [-0.3, -0.25) is 0 Å². The molecule has 2 aromatic heterocycles. The molecule has 1 aromatic carbocycles. The van der Waals surface area contributed by atoms with Gasteiger partial charge in [0.05, 0.1) is 11.0 Å². The molecule has 0 spiro atoms.